The largest absolute Gasteiger partial charge is 0.463 e. The van der Waals surface area contributed by atoms with Crippen LogP contribution >= 0.6 is 0 Å². The molecule has 0 radical (unpaired) electrons. The van der Waals surface area contributed by atoms with Crippen LogP contribution in [0, 0.1) is 0 Å². The Kier molecular flexibility index (Phi) is 20.8. The molecule has 0 aromatic heterocycles. The lowest BCUT2D eigenvalue weighted by Crippen LogP contribution is -2.67. The fourth-order valence-corrected chi connectivity index (χ4v) is 7.04. The Morgan fingerprint density at radius 1 is 0.284 bits per heavy atom. The number of carbonyl (C=O) groups excluding carboxylic acids is 11. The van der Waals surface area contributed by atoms with Gasteiger partial charge in [-0.15, -0.1) is 0 Å². The van der Waals surface area contributed by atoms with Crippen molar-refractivity contribution in [2.24, 2.45) is 0 Å². The fourth-order valence-electron chi connectivity index (χ4n) is 7.04. The topological polar surface area (TPSA) is 335 Å². The number of hydrogen-bond acceptors (Lipinski definition) is 27. The third-order valence-corrected chi connectivity index (χ3v) is 9.09. The Labute approximate surface area is 382 Å². The summed E-state index contributed by atoms with van der Waals surface area (Å²) >= 11 is 0. The Bertz CT molecular complexity index is 1850. The monoisotopic (exact) mass is 966 g/mol. The lowest BCUT2D eigenvalue weighted by molar-refractivity contribution is -0.365. The van der Waals surface area contributed by atoms with E-state index in [1.165, 1.54) is 0 Å². The molecule has 3 aliphatic rings. The van der Waals surface area contributed by atoms with E-state index in [0.717, 1.165) is 76.2 Å². The van der Waals surface area contributed by atoms with Crippen molar-refractivity contribution in [3.05, 3.63) is 0 Å². The van der Waals surface area contributed by atoms with Crippen molar-refractivity contribution in [2.45, 2.75) is 168 Å². The van der Waals surface area contributed by atoms with Crippen LogP contribution in [0.3, 0.4) is 0 Å². The highest BCUT2D eigenvalue weighted by Gasteiger charge is 2.59. The highest BCUT2D eigenvalue weighted by molar-refractivity contribution is 5.71. The fraction of sp³-hybridized carbons (Fsp3) is 0.725. The van der Waals surface area contributed by atoms with Crippen molar-refractivity contribution >= 4 is 65.7 Å². The molecule has 3 saturated heterocycles. The van der Waals surface area contributed by atoms with Gasteiger partial charge in [-0.1, -0.05) is 0 Å². The van der Waals surface area contributed by atoms with Gasteiger partial charge in [-0.25, -0.2) is 0 Å². The van der Waals surface area contributed by atoms with E-state index in [4.69, 9.17) is 75.8 Å². The molecule has 27 heteroatoms. The lowest BCUT2D eigenvalue weighted by Gasteiger charge is -2.49. The molecule has 27 nitrogen and oxygen atoms in total. The van der Waals surface area contributed by atoms with E-state index in [9.17, 15) is 52.7 Å². The van der Waals surface area contributed by atoms with Crippen molar-refractivity contribution in [2.75, 3.05) is 19.8 Å². The van der Waals surface area contributed by atoms with Crippen LogP contribution < -0.4 is 0 Å². The second-order valence-corrected chi connectivity index (χ2v) is 14.9. The second kappa shape index (κ2) is 25.2. The van der Waals surface area contributed by atoms with Crippen LogP contribution in [0.4, 0.5) is 0 Å². The zero-order chi connectivity index (χ0) is 50.4. The molecule has 0 spiro atoms. The summed E-state index contributed by atoms with van der Waals surface area (Å²) in [7, 11) is 0. The maximum atomic E-state index is 12.9. The van der Waals surface area contributed by atoms with Gasteiger partial charge in [0.1, 0.15) is 37.6 Å². The maximum Gasteiger partial charge on any atom is 0.305 e. The van der Waals surface area contributed by atoms with Crippen molar-refractivity contribution < 1.29 is 129 Å². The Hall–Kier alpha value is -6.03. The normalized spacial score (nSPS) is 31.2. The minimum absolute atomic E-state index is 0.676. The first-order valence-corrected chi connectivity index (χ1v) is 20.3. The molecule has 0 N–H and O–H groups in total. The Morgan fingerprint density at radius 2 is 0.552 bits per heavy atom. The van der Waals surface area contributed by atoms with Gasteiger partial charge < -0.3 is 75.8 Å². The predicted molar refractivity (Wildman–Crippen MR) is 206 cm³/mol. The van der Waals surface area contributed by atoms with Crippen LogP contribution in [-0.2, 0) is 129 Å². The molecule has 0 unspecified atom stereocenters. The Morgan fingerprint density at radius 3 is 0.925 bits per heavy atom. The van der Waals surface area contributed by atoms with Crippen molar-refractivity contribution in [3.63, 3.8) is 0 Å². The van der Waals surface area contributed by atoms with E-state index < -0.39 is 178 Å². The zero-order valence-electron chi connectivity index (χ0n) is 38.3. The summed E-state index contributed by atoms with van der Waals surface area (Å²) < 4.78 is 89.9. The summed E-state index contributed by atoms with van der Waals surface area (Å²) in [5, 5.41) is 0. The quantitative estimate of drug-likeness (QED) is 0.114. The van der Waals surface area contributed by atoms with Gasteiger partial charge >= 0.3 is 65.7 Å². The SMILES string of the molecule is CC(=O)OC[C@H]1O[C@@H](O[C@H]2[C@H](OC(C)=O)[C@@H](OC(C)=O)[C@H](OC[C@H]3O[C@@H](OC(C)=O)[C@H](OC(C)=O)[C@@H](OC(C)=O)[C@@H]3OC(C)=O)O[C@@H]2COC(C)=O)[C@H](OC(C)=O)[C@@H](OC(C)=O)[C@@H]1OC(C)=O. The van der Waals surface area contributed by atoms with Crippen LogP contribution in [0.2, 0.25) is 0 Å². The first kappa shape index (κ1) is 55.3. The molecule has 0 aromatic carbocycles. The van der Waals surface area contributed by atoms with Gasteiger partial charge in [0.25, 0.3) is 0 Å². The minimum atomic E-state index is -1.97. The average molecular weight is 967 g/mol. The summed E-state index contributed by atoms with van der Waals surface area (Å²) in [4.78, 5) is 136. The second-order valence-electron chi connectivity index (χ2n) is 14.9. The predicted octanol–water partition coefficient (Wildman–Crippen LogP) is -1.29. The maximum absolute atomic E-state index is 12.9. The van der Waals surface area contributed by atoms with Crippen molar-refractivity contribution in [1.82, 2.24) is 0 Å². The van der Waals surface area contributed by atoms with E-state index in [1.807, 2.05) is 0 Å². The van der Waals surface area contributed by atoms with Gasteiger partial charge in [0.05, 0.1) is 6.61 Å². The number of carbonyl (C=O) groups is 11. The first-order chi connectivity index (χ1) is 31.3. The number of ether oxygens (including phenoxy) is 16. The van der Waals surface area contributed by atoms with Gasteiger partial charge in [-0.3, -0.25) is 52.7 Å². The van der Waals surface area contributed by atoms with Crippen molar-refractivity contribution in [1.29, 1.82) is 0 Å². The van der Waals surface area contributed by atoms with Crippen LogP contribution in [0.15, 0.2) is 0 Å². The molecule has 3 rings (SSSR count). The molecule has 0 aromatic rings. The van der Waals surface area contributed by atoms with E-state index in [-0.39, 0.29) is 0 Å². The molecule has 0 bridgehead atoms. The molecular weight excluding hydrogens is 912 g/mol. The molecule has 0 aliphatic carbocycles. The zero-order valence-corrected chi connectivity index (χ0v) is 38.3. The van der Waals surface area contributed by atoms with Gasteiger partial charge in [0.2, 0.25) is 12.4 Å². The molecule has 3 aliphatic heterocycles. The molecule has 376 valence electrons. The third kappa shape index (κ3) is 17.0. The molecule has 0 amide bonds. The first-order valence-electron chi connectivity index (χ1n) is 20.3. The lowest BCUT2D eigenvalue weighted by atomic mass is 9.95. The number of hydrogen-bond donors (Lipinski definition) is 0. The van der Waals surface area contributed by atoms with Crippen LogP contribution in [0.25, 0.3) is 0 Å². The molecule has 15 atom stereocenters. The summed E-state index contributed by atoms with van der Waals surface area (Å²) in [5.41, 5.74) is 0. The molecular formula is C40H54O27. The molecule has 3 heterocycles. The highest BCUT2D eigenvalue weighted by atomic mass is 16.8. The highest BCUT2D eigenvalue weighted by Crippen LogP contribution is 2.37. The summed E-state index contributed by atoms with van der Waals surface area (Å²) in [6, 6.07) is 0. The summed E-state index contributed by atoms with van der Waals surface area (Å²) in [5.74, 6) is -10.5. The van der Waals surface area contributed by atoms with Crippen molar-refractivity contribution in [3.8, 4) is 0 Å². The number of esters is 11. The molecule has 3 fully saturated rings. The van der Waals surface area contributed by atoms with Crippen LogP contribution in [0.5, 0.6) is 0 Å². The van der Waals surface area contributed by atoms with Crippen LogP contribution in [0.1, 0.15) is 76.2 Å². The third-order valence-electron chi connectivity index (χ3n) is 9.09. The molecule has 67 heavy (non-hydrogen) atoms. The smallest absolute Gasteiger partial charge is 0.305 e. The van der Waals surface area contributed by atoms with E-state index >= 15 is 0 Å². The van der Waals surface area contributed by atoms with Gasteiger partial charge in [-0.2, -0.15) is 0 Å². The van der Waals surface area contributed by atoms with Gasteiger partial charge in [0, 0.05) is 76.2 Å². The standard InChI is InChI=1S/C40H54O27/c1-15(41)52-12-26-29(55-17(3)43)33(58-20(6)46)37(62-24(10)50)40(66-26)67-31-27(13-53-16(2)42)64-38(35(60-22(8)48)34(31)59-21(7)47)54-14-28-30(56-18(4)44)32(57-19(5)45)36(61-23(9)49)39(65-28)63-25(11)51/h26-40H,12-14H2,1-11H3/t26-,27-,28-,29-,30-,31-,32+,33+,34+,35-,36-,37-,38-,39-,40+/m1/s1. The van der Waals surface area contributed by atoms with Gasteiger partial charge in [-0.05, 0) is 0 Å². The van der Waals surface area contributed by atoms with Gasteiger partial charge in [0.15, 0.2) is 55.3 Å². The minimum Gasteiger partial charge on any atom is -0.463 e. The van der Waals surface area contributed by atoms with E-state index in [0.29, 0.717) is 0 Å². The average Bonchev–Trinajstić information content (AvgIpc) is 3.17. The number of rotatable bonds is 18. The van der Waals surface area contributed by atoms with E-state index in [2.05, 4.69) is 0 Å². The van der Waals surface area contributed by atoms with E-state index in [1.54, 1.807) is 0 Å². The van der Waals surface area contributed by atoms with Crippen LogP contribution in [-0.4, -0.2) is 178 Å². The Balaban J connectivity index is 2.20. The summed E-state index contributed by atoms with van der Waals surface area (Å²) in [6.07, 6.45) is -26.4. The molecule has 0 saturated carbocycles. The summed E-state index contributed by atoms with van der Waals surface area (Å²) in [6.45, 7) is 8.59.